The van der Waals surface area contributed by atoms with Crippen LogP contribution >= 0.6 is 15.9 Å². The Morgan fingerprint density at radius 1 is 1.00 bits per heavy atom. The molecule has 0 aliphatic heterocycles. The average molecular weight is 287 g/mol. The second kappa shape index (κ2) is 3.93. The van der Waals surface area contributed by atoms with Crippen molar-refractivity contribution < 1.29 is 0 Å². The molecule has 3 rings (SSSR count). The summed E-state index contributed by atoms with van der Waals surface area (Å²) in [5.74, 6) is 0. The highest BCUT2D eigenvalue weighted by Gasteiger charge is 2.05. The van der Waals surface area contributed by atoms with Gasteiger partial charge in [0.25, 0.3) is 0 Å². The second-order valence-corrected chi connectivity index (χ2v) is 4.91. The maximum atomic E-state index is 5.99. The minimum atomic E-state index is 0.808. The van der Waals surface area contributed by atoms with E-state index in [1.54, 1.807) is 0 Å². The van der Waals surface area contributed by atoms with Gasteiger partial charge in [-0.15, -0.1) is 0 Å². The van der Waals surface area contributed by atoms with E-state index in [0.717, 1.165) is 26.8 Å². The Balaban J connectivity index is 2.22. The normalized spacial score (nSPS) is 10.9. The van der Waals surface area contributed by atoms with E-state index in [1.807, 2.05) is 36.5 Å². The highest BCUT2D eigenvalue weighted by Crippen LogP contribution is 2.28. The number of nitrogens with zero attached hydrogens (tertiary/aromatic N) is 1. The second-order valence-electron chi connectivity index (χ2n) is 4.00. The molecule has 0 aliphatic carbocycles. The first-order valence-electron chi connectivity index (χ1n) is 5.36. The van der Waals surface area contributed by atoms with E-state index in [1.165, 1.54) is 0 Å². The molecule has 0 radical (unpaired) electrons. The fraction of sp³-hybridized carbons (Fsp3) is 0. The van der Waals surface area contributed by atoms with Crippen molar-refractivity contribution in [2.24, 2.45) is 0 Å². The minimum absolute atomic E-state index is 0.808. The van der Waals surface area contributed by atoms with E-state index in [9.17, 15) is 0 Å². The van der Waals surface area contributed by atoms with Gasteiger partial charge in [-0.25, -0.2) is 0 Å². The number of pyridine rings is 1. The summed E-state index contributed by atoms with van der Waals surface area (Å²) in [6.45, 7) is 0. The fourth-order valence-electron chi connectivity index (χ4n) is 1.99. The van der Waals surface area contributed by atoms with Crippen molar-refractivity contribution in [3.8, 4) is 11.1 Å². The molecule has 84 valence electrons. The van der Waals surface area contributed by atoms with Crippen molar-refractivity contribution in [3.05, 3.63) is 59.3 Å². The third-order valence-electron chi connectivity index (χ3n) is 2.83. The Kier molecular flexibility index (Phi) is 2.41. The maximum Gasteiger partial charge on any atom is 0.0457 e. The molecule has 2 N–H and O–H groups in total. The molecule has 0 amide bonds. The van der Waals surface area contributed by atoms with Gasteiger partial charge in [-0.05, 0) is 40.2 Å². The van der Waals surface area contributed by atoms with Crippen molar-refractivity contribution in [1.82, 2.24) is 4.40 Å². The number of hydrogen-bond acceptors (Lipinski definition) is 1. The lowest BCUT2D eigenvalue weighted by molar-refractivity contribution is 1.19. The Bertz CT molecular complexity index is 686. The molecule has 0 atom stereocenters. The highest BCUT2D eigenvalue weighted by atomic mass is 79.9. The molecule has 0 bridgehead atoms. The van der Waals surface area contributed by atoms with Crippen LogP contribution in [-0.4, -0.2) is 4.40 Å². The summed E-state index contributed by atoms with van der Waals surface area (Å²) in [6.07, 6.45) is 4.13. The lowest BCUT2D eigenvalue weighted by Gasteiger charge is -2.01. The minimum Gasteiger partial charge on any atom is -0.398 e. The standard InChI is InChI=1S/C14H11BrN2/c15-11-5-6-12-7-10(8-17(12)9-11)13-3-1-2-4-14(13)16/h1-9H,16H2. The third-order valence-corrected chi connectivity index (χ3v) is 3.30. The molecular formula is C14H11BrN2. The smallest absolute Gasteiger partial charge is 0.0457 e. The van der Waals surface area contributed by atoms with Gasteiger partial charge in [0, 0.05) is 39.2 Å². The third kappa shape index (κ3) is 1.83. The molecule has 0 fully saturated rings. The Hall–Kier alpha value is -1.74. The summed E-state index contributed by atoms with van der Waals surface area (Å²) < 4.78 is 3.15. The molecule has 1 aromatic carbocycles. The van der Waals surface area contributed by atoms with Gasteiger partial charge in [0.2, 0.25) is 0 Å². The van der Waals surface area contributed by atoms with Crippen LogP contribution in [0.4, 0.5) is 5.69 Å². The zero-order valence-corrected chi connectivity index (χ0v) is 10.7. The van der Waals surface area contributed by atoms with Gasteiger partial charge >= 0.3 is 0 Å². The predicted octanol–water partition coefficient (Wildman–Crippen LogP) is 3.95. The quantitative estimate of drug-likeness (QED) is 0.675. The van der Waals surface area contributed by atoms with Crippen LogP contribution in [0.2, 0.25) is 0 Å². The van der Waals surface area contributed by atoms with E-state index in [-0.39, 0.29) is 0 Å². The molecule has 2 heterocycles. The molecule has 17 heavy (non-hydrogen) atoms. The molecule has 3 heteroatoms. The number of rotatable bonds is 1. The number of nitrogens with two attached hydrogens (primary N) is 1. The zero-order valence-electron chi connectivity index (χ0n) is 9.10. The van der Waals surface area contributed by atoms with Gasteiger partial charge in [-0.3, -0.25) is 0 Å². The lowest BCUT2D eigenvalue weighted by Crippen LogP contribution is -1.87. The molecule has 0 spiro atoms. The number of nitrogen functional groups attached to an aromatic ring is 1. The molecule has 2 nitrogen and oxygen atoms in total. The van der Waals surface area contributed by atoms with Crippen LogP contribution in [0, 0.1) is 0 Å². The number of benzene rings is 1. The molecule has 0 aliphatic rings. The van der Waals surface area contributed by atoms with Crippen LogP contribution < -0.4 is 5.73 Å². The van der Waals surface area contributed by atoms with Crippen molar-refractivity contribution >= 4 is 27.1 Å². The average Bonchev–Trinajstić information content (AvgIpc) is 2.72. The lowest BCUT2D eigenvalue weighted by atomic mass is 10.1. The summed E-state index contributed by atoms with van der Waals surface area (Å²) >= 11 is 3.47. The SMILES string of the molecule is Nc1ccccc1-c1cc2ccc(Br)cn2c1. The van der Waals surface area contributed by atoms with E-state index in [2.05, 4.69) is 38.7 Å². The number of hydrogen-bond donors (Lipinski definition) is 1. The predicted molar refractivity (Wildman–Crippen MR) is 74.9 cm³/mol. The number of para-hydroxylation sites is 1. The van der Waals surface area contributed by atoms with Crippen LogP contribution in [0.5, 0.6) is 0 Å². The summed E-state index contributed by atoms with van der Waals surface area (Å²) in [4.78, 5) is 0. The molecule has 2 aromatic heterocycles. The number of halogens is 1. The highest BCUT2D eigenvalue weighted by molar-refractivity contribution is 9.10. The summed E-state index contributed by atoms with van der Waals surface area (Å²) in [7, 11) is 0. The first-order chi connectivity index (χ1) is 8.24. The van der Waals surface area contributed by atoms with Crippen LogP contribution in [0.1, 0.15) is 0 Å². The van der Waals surface area contributed by atoms with Crippen molar-refractivity contribution in [2.75, 3.05) is 5.73 Å². The molecular weight excluding hydrogens is 276 g/mol. The van der Waals surface area contributed by atoms with Crippen molar-refractivity contribution in [2.45, 2.75) is 0 Å². The van der Waals surface area contributed by atoms with Crippen molar-refractivity contribution in [3.63, 3.8) is 0 Å². The number of fused-ring (bicyclic) bond motifs is 1. The number of aromatic nitrogens is 1. The molecule has 0 saturated carbocycles. The van der Waals surface area contributed by atoms with Gasteiger partial charge in [-0.2, -0.15) is 0 Å². The van der Waals surface area contributed by atoms with E-state index in [4.69, 9.17) is 5.73 Å². The van der Waals surface area contributed by atoms with Gasteiger partial charge in [0.05, 0.1) is 0 Å². The Morgan fingerprint density at radius 3 is 2.65 bits per heavy atom. The number of anilines is 1. The largest absolute Gasteiger partial charge is 0.398 e. The van der Waals surface area contributed by atoms with Crippen LogP contribution in [0.3, 0.4) is 0 Å². The Morgan fingerprint density at radius 2 is 1.82 bits per heavy atom. The topological polar surface area (TPSA) is 30.4 Å². The van der Waals surface area contributed by atoms with E-state index in [0.29, 0.717) is 0 Å². The van der Waals surface area contributed by atoms with Crippen LogP contribution in [0.15, 0.2) is 59.3 Å². The van der Waals surface area contributed by atoms with Crippen LogP contribution in [-0.2, 0) is 0 Å². The summed E-state index contributed by atoms with van der Waals surface area (Å²) in [6, 6.07) is 14.2. The van der Waals surface area contributed by atoms with Crippen molar-refractivity contribution in [1.29, 1.82) is 0 Å². The van der Waals surface area contributed by atoms with Gasteiger partial charge in [0.15, 0.2) is 0 Å². The van der Waals surface area contributed by atoms with Gasteiger partial charge in [-0.1, -0.05) is 18.2 Å². The molecule has 0 saturated heterocycles. The zero-order chi connectivity index (χ0) is 11.8. The fourth-order valence-corrected chi connectivity index (χ4v) is 2.34. The van der Waals surface area contributed by atoms with Crippen LogP contribution in [0.25, 0.3) is 16.6 Å². The summed E-state index contributed by atoms with van der Waals surface area (Å²) in [5.41, 5.74) is 10.2. The molecule has 0 unspecified atom stereocenters. The Labute approximate surface area is 108 Å². The first-order valence-corrected chi connectivity index (χ1v) is 6.15. The van der Waals surface area contributed by atoms with E-state index < -0.39 is 0 Å². The van der Waals surface area contributed by atoms with E-state index >= 15 is 0 Å². The van der Waals surface area contributed by atoms with Gasteiger partial charge in [0.1, 0.15) is 0 Å². The monoisotopic (exact) mass is 286 g/mol. The first kappa shape index (κ1) is 10.4. The molecule has 3 aromatic rings. The maximum absolute atomic E-state index is 5.99. The summed E-state index contributed by atoms with van der Waals surface area (Å²) in [5, 5.41) is 0. The van der Waals surface area contributed by atoms with Gasteiger partial charge < -0.3 is 10.1 Å².